The van der Waals surface area contributed by atoms with Crippen LogP contribution in [-0.2, 0) is 31.3 Å². The molecule has 220 valence electrons. The first-order valence-corrected chi connectivity index (χ1v) is 15.4. The summed E-state index contributed by atoms with van der Waals surface area (Å²) in [6.07, 6.45) is 7.78. The molecular weight excluding hydrogens is 528 g/mol. The molecule has 4 heteroatoms. The molecule has 0 N–H and O–H groups in total. The summed E-state index contributed by atoms with van der Waals surface area (Å²) in [5, 5.41) is 0. The molecule has 0 spiro atoms. The molecule has 0 saturated heterocycles. The molecule has 4 nitrogen and oxygen atoms in total. The minimum absolute atomic E-state index is 0.182. The lowest BCUT2D eigenvalue weighted by molar-refractivity contribution is 0.289. The van der Waals surface area contributed by atoms with Crippen LogP contribution in [0.5, 0.6) is 11.5 Å². The molecule has 0 bridgehead atoms. The average Bonchev–Trinajstić information content (AvgIpc) is 3.05. The van der Waals surface area contributed by atoms with Crippen molar-refractivity contribution in [3.8, 4) is 11.5 Å². The van der Waals surface area contributed by atoms with Crippen molar-refractivity contribution >= 4 is 11.4 Å². The van der Waals surface area contributed by atoms with Gasteiger partial charge in [0.2, 0.25) is 0 Å². The molecule has 4 aromatic carbocycles. The zero-order chi connectivity index (χ0) is 29.8. The van der Waals surface area contributed by atoms with Crippen molar-refractivity contribution in [1.29, 1.82) is 0 Å². The van der Waals surface area contributed by atoms with Gasteiger partial charge in [-0.15, -0.1) is 13.2 Å². The molecule has 0 saturated carbocycles. The van der Waals surface area contributed by atoms with Crippen LogP contribution in [0.4, 0.5) is 11.4 Å². The maximum absolute atomic E-state index is 6.13. The minimum Gasteiger partial charge on any atom is -0.473 e. The van der Waals surface area contributed by atoms with Gasteiger partial charge in [0.1, 0.15) is 11.5 Å². The molecule has 0 amide bonds. The number of hydrogen-bond donors (Lipinski definition) is 0. The predicted octanol–water partition coefficient (Wildman–Crippen LogP) is 8.96. The molecule has 43 heavy (non-hydrogen) atoms. The number of anilines is 2. The fourth-order valence-corrected chi connectivity index (χ4v) is 6.31. The molecule has 4 aromatic rings. The average molecular weight is 571 g/mol. The Morgan fingerprint density at radius 1 is 0.651 bits per heavy atom. The van der Waals surface area contributed by atoms with Crippen LogP contribution < -0.4 is 19.3 Å². The smallest absolute Gasteiger partial charge is 0.161 e. The van der Waals surface area contributed by atoms with E-state index in [-0.39, 0.29) is 5.41 Å². The summed E-state index contributed by atoms with van der Waals surface area (Å²) in [7, 11) is 0. The van der Waals surface area contributed by atoms with Crippen LogP contribution >= 0.6 is 0 Å². The van der Waals surface area contributed by atoms with Gasteiger partial charge in [-0.25, -0.2) is 0 Å². The van der Waals surface area contributed by atoms with Gasteiger partial charge in [-0.3, -0.25) is 0 Å². The fourth-order valence-electron chi connectivity index (χ4n) is 6.31. The van der Waals surface area contributed by atoms with Gasteiger partial charge >= 0.3 is 0 Å². The Labute approximate surface area is 256 Å². The number of allylic oxidation sites excluding steroid dienone is 2. The molecule has 0 unspecified atom stereocenters. The Morgan fingerprint density at radius 2 is 1.09 bits per heavy atom. The zero-order valence-electron chi connectivity index (χ0n) is 25.5. The van der Waals surface area contributed by atoms with Gasteiger partial charge in [-0.05, 0) is 72.2 Å². The van der Waals surface area contributed by atoms with Crippen molar-refractivity contribution in [2.45, 2.75) is 58.0 Å². The van der Waals surface area contributed by atoms with Gasteiger partial charge in [-0.2, -0.15) is 0 Å². The standard InChI is InChI=1S/C39H42N2O2/c1-5-7-13-29-23-33(19-21-35(29)40-25-31-15-9-11-17-37(31)42-27-40)39(3,4)34-20-22-36(30(24-34)14-8-6-2)41-26-32-16-10-12-18-38(32)43-28-41/h5-6,9-12,15-24H,1-2,7-8,13-14,25-28H2,3-4H3. The lowest BCUT2D eigenvalue weighted by Crippen LogP contribution is -2.33. The van der Waals surface area contributed by atoms with Gasteiger partial charge in [0.05, 0.1) is 0 Å². The quantitative estimate of drug-likeness (QED) is 0.178. The van der Waals surface area contributed by atoms with Crippen LogP contribution in [0.2, 0.25) is 0 Å². The summed E-state index contributed by atoms with van der Waals surface area (Å²) in [4.78, 5) is 4.69. The van der Waals surface area contributed by atoms with Crippen LogP contribution in [0.15, 0.2) is 110 Å². The normalized spacial score (nSPS) is 14.3. The summed E-state index contributed by atoms with van der Waals surface area (Å²) in [5.41, 5.74) is 10.0. The number of hydrogen-bond acceptors (Lipinski definition) is 4. The molecule has 0 aliphatic carbocycles. The Morgan fingerprint density at radius 3 is 1.53 bits per heavy atom. The third kappa shape index (κ3) is 5.92. The Hall–Kier alpha value is -4.44. The number of aryl methyl sites for hydroxylation is 2. The SMILES string of the molecule is C=CCCc1cc(C(C)(C)c2ccc(N3COc4ccccc4C3)c(CCC=C)c2)ccc1N1COc2ccccc2C1. The van der Waals surface area contributed by atoms with Gasteiger partial charge in [0.15, 0.2) is 13.5 Å². The summed E-state index contributed by atoms with van der Waals surface area (Å²) in [6, 6.07) is 30.7. The topological polar surface area (TPSA) is 24.9 Å². The predicted molar refractivity (Wildman–Crippen MR) is 178 cm³/mol. The van der Waals surface area contributed by atoms with Crippen molar-refractivity contribution in [1.82, 2.24) is 0 Å². The molecule has 0 fully saturated rings. The van der Waals surface area contributed by atoms with Crippen LogP contribution in [0.3, 0.4) is 0 Å². The second-order valence-corrected chi connectivity index (χ2v) is 12.1. The number of rotatable bonds is 10. The van der Waals surface area contributed by atoms with E-state index in [9.17, 15) is 0 Å². The zero-order valence-corrected chi connectivity index (χ0v) is 25.5. The highest BCUT2D eigenvalue weighted by molar-refractivity contribution is 5.61. The van der Waals surface area contributed by atoms with E-state index in [4.69, 9.17) is 9.47 Å². The second kappa shape index (κ2) is 12.4. The van der Waals surface area contributed by atoms with E-state index in [0.29, 0.717) is 13.5 Å². The number of ether oxygens (including phenoxy) is 2. The molecule has 2 heterocycles. The number of benzene rings is 4. The van der Waals surface area contributed by atoms with Crippen molar-refractivity contribution in [3.63, 3.8) is 0 Å². The molecule has 2 aliphatic heterocycles. The molecule has 2 aliphatic rings. The van der Waals surface area contributed by atoms with E-state index in [1.165, 1.54) is 44.8 Å². The Kier molecular flexibility index (Phi) is 8.29. The van der Waals surface area contributed by atoms with E-state index in [1.54, 1.807) is 0 Å². The lowest BCUT2D eigenvalue weighted by Gasteiger charge is -2.35. The first-order valence-electron chi connectivity index (χ1n) is 15.4. The van der Waals surface area contributed by atoms with Crippen LogP contribution in [0.1, 0.15) is 60.1 Å². The second-order valence-electron chi connectivity index (χ2n) is 12.1. The van der Waals surface area contributed by atoms with Gasteiger partial charge in [0, 0.05) is 41.0 Å². The van der Waals surface area contributed by atoms with E-state index in [2.05, 4.69) is 110 Å². The minimum atomic E-state index is -0.182. The summed E-state index contributed by atoms with van der Waals surface area (Å²) < 4.78 is 12.3. The van der Waals surface area contributed by atoms with E-state index < -0.39 is 0 Å². The largest absolute Gasteiger partial charge is 0.473 e. The molecule has 6 rings (SSSR count). The van der Waals surface area contributed by atoms with Crippen molar-refractivity contribution < 1.29 is 9.47 Å². The van der Waals surface area contributed by atoms with Crippen molar-refractivity contribution in [2.75, 3.05) is 23.3 Å². The van der Waals surface area contributed by atoms with Gasteiger partial charge < -0.3 is 19.3 Å². The number of nitrogens with zero attached hydrogens (tertiary/aromatic N) is 2. The van der Waals surface area contributed by atoms with E-state index in [0.717, 1.165) is 50.3 Å². The maximum atomic E-state index is 6.13. The van der Waals surface area contributed by atoms with Gasteiger partial charge in [0.25, 0.3) is 0 Å². The van der Waals surface area contributed by atoms with Crippen LogP contribution in [0.25, 0.3) is 0 Å². The summed E-state index contributed by atoms with van der Waals surface area (Å²) in [5.74, 6) is 1.97. The highest BCUT2D eigenvalue weighted by atomic mass is 16.5. The van der Waals surface area contributed by atoms with Gasteiger partial charge in [-0.1, -0.05) is 86.7 Å². The fraction of sp³-hybridized carbons (Fsp3) is 0.282. The summed E-state index contributed by atoms with van der Waals surface area (Å²) in [6.45, 7) is 15.5. The monoisotopic (exact) mass is 570 g/mol. The highest BCUT2D eigenvalue weighted by Gasteiger charge is 2.28. The lowest BCUT2D eigenvalue weighted by atomic mass is 9.76. The molecule has 0 atom stereocenters. The van der Waals surface area contributed by atoms with E-state index in [1.807, 2.05) is 24.3 Å². The first kappa shape index (κ1) is 28.7. The molecule has 0 radical (unpaired) electrons. The van der Waals surface area contributed by atoms with Crippen LogP contribution in [0, 0.1) is 0 Å². The highest BCUT2D eigenvalue weighted by Crippen LogP contribution is 2.39. The molecule has 0 aromatic heterocycles. The number of fused-ring (bicyclic) bond motifs is 2. The van der Waals surface area contributed by atoms with E-state index >= 15 is 0 Å². The van der Waals surface area contributed by atoms with Crippen LogP contribution in [-0.4, -0.2) is 13.5 Å². The maximum Gasteiger partial charge on any atom is 0.161 e. The Balaban J connectivity index is 1.31. The number of para-hydroxylation sites is 2. The van der Waals surface area contributed by atoms with Crippen molar-refractivity contribution in [2.24, 2.45) is 0 Å². The first-order chi connectivity index (χ1) is 21.0. The van der Waals surface area contributed by atoms with Crippen molar-refractivity contribution in [3.05, 3.63) is 144 Å². The third-order valence-corrected chi connectivity index (χ3v) is 8.94. The summed E-state index contributed by atoms with van der Waals surface area (Å²) >= 11 is 0. The molecular formula is C39H42N2O2. The Bertz CT molecular complexity index is 1500. The third-order valence-electron chi connectivity index (χ3n) is 8.94.